The quantitative estimate of drug-likeness (QED) is 0.796. The molecular weight excluding hydrogens is 300 g/mol. The van der Waals surface area contributed by atoms with E-state index in [0.29, 0.717) is 5.56 Å². The van der Waals surface area contributed by atoms with Gasteiger partial charge in [-0.2, -0.15) is 0 Å². The highest BCUT2D eigenvalue weighted by atomic mass is 32.2. The van der Waals surface area contributed by atoms with Crippen LogP contribution in [0.1, 0.15) is 60.9 Å². The third-order valence-corrected chi connectivity index (χ3v) is 5.29. The second kappa shape index (κ2) is 7.27. The number of benzene rings is 1. The van der Waals surface area contributed by atoms with E-state index < -0.39 is 15.8 Å². The molecule has 0 bridgehead atoms. The van der Waals surface area contributed by atoms with E-state index in [1.165, 1.54) is 31.4 Å². The topological polar surface area (TPSA) is 60.4 Å². The van der Waals surface area contributed by atoms with Gasteiger partial charge in [-0.05, 0) is 50.3 Å². The molecule has 1 aliphatic rings. The van der Waals surface area contributed by atoms with Gasteiger partial charge in [-0.1, -0.05) is 25.3 Å². The molecule has 0 radical (unpaired) electrons. The predicted molar refractivity (Wildman–Crippen MR) is 85.8 cm³/mol. The fraction of sp³-hybridized carbons (Fsp3) is 0.588. The number of carbonyl (C=O) groups excluding carboxylic acids is 1. The minimum absolute atomic E-state index is 0.0471. The van der Waals surface area contributed by atoms with Crippen molar-refractivity contribution < 1.29 is 17.9 Å². The van der Waals surface area contributed by atoms with Gasteiger partial charge in [0.25, 0.3) is 0 Å². The van der Waals surface area contributed by atoms with Gasteiger partial charge < -0.3 is 4.74 Å². The van der Waals surface area contributed by atoms with Crippen LogP contribution in [0.3, 0.4) is 0 Å². The van der Waals surface area contributed by atoms with Crippen molar-refractivity contribution in [3.05, 3.63) is 29.3 Å². The van der Waals surface area contributed by atoms with Gasteiger partial charge in [0, 0.05) is 6.26 Å². The van der Waals surface area contributed by atoms with Crippen LogP contribution in [-0.2, 0) is 14.6 Å². The standard InChI is InChI=1S/C17H24O4S/c1-13-10-11-15(22(2,19)20)12-16(13)17(18)21-14-8-6-4-3-5-7-9-14/h10-12,14H,3-9H2,1-2H3. The maximum atomic E-state index is 12.4. The van der Waals surface area contributed by atoms with Gasteiger partial charge in [-0.3, -0.25) is 0 Å². The lowest BCUT2D eigenvalue weighted by molar-refractivity contribution is 0.0238. The molecule has 1 fully saturated rings. The Morgan fingerprint density at radius 3 is 2.27 bits per heavy atom. The summed E-state index contributed by atoms with van der Waals surface area (Å²) in [4.78, 5) is 12.5. The molecule has 0 heterocycles. The van der Waals surface area contributed by atoms with Crippen molar-refractivity contribution >= 4 is 15.8 Å². The smallest absolute Gasteiger partial charge is 0.338 e. The van der Waals surface area contributed by atoms with Crippen molar-refractivity contribution in [2.75, 3.05) is 6.26 Å². The first-order valence-electron chi connectivity index (χ1n) is 7.89. The first-order valence-corrected chi connectivity index (χ1v) is 9.79. The van der Waals surface area contributed by atoms with Crippen LogP contribution < -0.4 is 0 Å². The van der Waals surface area contributed by atoms with Crippen molar-refractivity contribution in [1.29, 1.82) is 0 Å². The highest BCUT2D eigenvalue weighted by Gasteiger charge is 2.20. The Balaban J connectivity index is 2.14. The minimum atomic E-state index is -3.33. The Labute approximate surface area is 132 Å². The molecule has 0 aliphatic heterocycles. The average Bonchev–Trinajstić information content (AvgIpc) is 2.40. The lowest BCUT2D eigenvalue weighted by Gasteiger charge is -2.20. The van der Waals surface area contributed by atoms with E-state index in [9.17, 15) is 13.2 Å². The molecule has 1 saturated carbocycles. The number of sulfone groups is 1. The average molecular weight is 324 g/mol. The predicted octanol–water partition coefficient (Wildman–Crippen LogP) is 3.67. The zero-order valence-corrected chi connectivity index (χ0v) is 14.1. The molecule has 0 spiro atoms. The van der Waals surface area contributed by atoms with Crippen LogP contribution in [0.5, 0.6) is 0 Å². The third kappa shape index (κ3) is 4.57. The molecule has 0 unspecified atom stereocenters. The molecule has 0 saturated heterocycles. The molecule has 1 aromatic carbocycles. The van der Waals surface area contributed by atoms with E-state index in [4.69, 9.17) is 4.74 Å². The fourth-order valence-corrected chi connectivity index (χ4v) is 3.45. The number of hydrogen-bond donors (Lipinski definition) is 0. The van der Waals surface area contributed by atoms with Gasteiger partial charge in [0.15, 0.2) is 9.84 Å². The zero-order chi connectivity index (χ0) is 16.2. The zero-order valence-electron chi connectivity index (χ0n) is 13.3. The van der Waals surface area contributed by atoms with Crippen LogP contribution in [0.4, 0.5) is 0 Å². The highest BCUT2D eigenvalue weighted by molar-refractivity contribution is 7.90. The van der Waals surface area contributed by atoms with Crippen molar-refractivity contribution in [3.8, 4) is 0 Å². The summed E-state index contributed by atoms with van der Waals surface area (Å²) in [6.07, 6.45) is 8.70. The summed E-state index contributed by atoms with van der Waals surface area (Å²) in [6, 6.07) is 4.61. The molecule has 5 heteroatoms. The van der Waals surface area contributed by atoms with Gasteiger partial charge in [0.2, 0.25) is 0 Å². The van der Waals surface area contributed by atoms with Gasteiger partial charge in [0.1, 0.15) is 6.10 Å². The molecule has 0 atom stereocenters. The molecule has 4 nitrogen and oxygen atoms in total. The molecular formula is C17H24O4S. The van der Waals surface area contributed by atoms with E-state index in [1.807, 2.05) is 0 Å². The molecule has 2 rings (SSSR count). The summed E-state index contributed by atoms with van der Waals surface area (Å²) in [6.45, 7) is 1.79. The van der Waals surface area contributed by atoms with Gasteiger partial charge in [0.05, 0.1) is 10.5 Å². The molecule has 1 aliphatic carbocycles. The Morgan fingerprint density at radius 1 is 1.09 bits per heavy atom. The summed E-state index contributed by atoms with van der Waals surface area (Å²) >= 11 is 0. The van der Waals surface area contributed by atoms with Gasteiger partial charge in [-0.25, -0.2) is 13.2 Å². The fourth-order valence-electron chi connectivity index (χ4n) is 2.80. The Hall–Kier alpha value is -1.36. The molecule has 122 valence electrons. The van der Waals surface area contributed by atoms with E-state index >= 15 is 0 Å². The van der Waals surface area contributed by atoms with Crippen molar-refractivity contribution in [3.63, 3.8) is 0 Å². The van der Waals surface area contributed by atoms with Crippen molar-refractivity contribution in [2.24, 2.45) is 0 Å². The molecule has 0 N–H and O–H groups in total. The highest BCUT2D eigenvalue weighted by Crippen LogP contribution is 2.22. The maximum Gasteiger partial charge on any atom is 0.338 e. The van der Waals surface area contributed by atoms with Crippen LogP contribution >= 0.6 is 0 Å². The van der Waals surface area contributed by atoms with E-state index in [1.54, 1.807) is 13.0 Å². The Morgan fingerprint density at radius 2 is 1.68 bits per heavy atom. The SMILES string of the molecule is Cc1ccc(S(C)(=O)=O)cc1C(=O)OC1CCCCCCC1. The number of esters is 1. The number of ether oxygens (including phenoxy) is 1. The minimum Gasteiger partial charge on any atom is -0.459 e. The van der Waals surface area contributed by atoms with Gasteiger partial charge >= 0.3 is 5.97 Å². The largest absolute Gasteiger partial charge is 0.459 e. The van der Waals surface area contributed by atoms with Crippen LogP contribution in [0.2, 0.25) is 0 Å². The summed E-state index contributed by atoms with van der Waals surface area (Å²) < 4.78 is 28.9. The summed E-state index contributed by atoms with van der Waals surface area (Å²) in [5, 5.41) is 0. The number of carbonyl (C=O) groups is 1. The molecule has 0 aromatic heterocycles. The molecule has 22 heavy (non-hydrogen) atoms. The van der Waals surface area contributed by atoms with Crippen LogP contribution in [-0.4, -0.2) is 26.7 Å². The maximum absolute atomic E-state index is 12.4. The first kappa shape index (κ1) is 17.0. The second-order valence-electron chi connectivity index (χ2n) is 6.12. The van der Waals surface area contributed by atoms with Gasteiger partial charge in [-0.15, -0.1) is 0 Å². The third-order valence-electron chi connectivity index (χ3n) is 4.18. The lowest BCUT2D eigenvalue weighted by atomic mass is 9.98. The molecule has 0 amide bonds. The van der Waals surface area contributed by atoms with Crippen LogP contribution in [0, 0.1) is 6.92 Å². The van der Waals surface area contributed by atoms with E-state index in [2.05, 4.69) is 0 Å². The van der Waals surface area contributed by atoms with E-state index in [0.717, 1.165) is 37.5 Å². The number of hydrogen-bond acceptors (Lipinski definition) is 4. The van der Waals surface area contributed by atoms with E-state index in [-0.39, 0.29) is 11.0 Å². The van der Waals surface area contributed by atoms with Crippen molar-refractivity contribution in [2.45, 2.75) is 62.9 Å². The van der Waals surface area contributed by atoms with Crippen molar-refractivity contribution in [1.82, 2.24) is 0 Å². The summed E-state index contributed by atoms with van der Waals surface area (Å²) in [7, 11) is -3.33. The number of aryl methyl sites for hydroxylation is 1. The Kier molecular flexibility index (Phi) is 5.62. The molecule has 1 aromatic rings. The Bertz CT molecular complexity index is 626. The summed E-state index contributed by atoms with van der Waals surface area (Å²) in [5.41, 5.74) is 1.09. The monoisotopic (exact) mass is 324 g/mol. The first-order chi connectivity index (χ1) is 10.4. The summed E-state index contributed by atoms with van der Waals surface area (Å²) in [5.74, 6) is -0.409. The lowest BCUT2D eigenvalue weighted by Crippen LogP contribution is -2.20. The normalized spacial score (nSPS) is 17.5. The second-order valence-corrected chi connectivity index (χ2v) is 8.14. The number of rotatable bonds is 3. The van der Waals surface area contributed by atoms with Crippen LogP contribution in [0.15, 0.2) is 23.1 Å². The van der Waals surface area contributed by atoms with Crippen LogP contribution in [0.25, 0.3) is 0 Å².